The third-order valence-corrected chi connectivity index (χ3v) is 5.62. The van der Waals surface area contributed by atoms with Gasteiger partial charge < -0.3 is 19.6 Å². The Labute approximate surface area is 170 Å². The summed E-state index contributed by atoms with van der Waals surface area (Å²) in [5, 5.41) is 22.9. The van der Waals surface area contributed by atoms with E-state index in [-0.39, 0.29) is 17.3 Å². The number of hydrogen-bond acceptors (Lipinski definition) is 8. The van der Waals surface area contributed by atoms with Crippen LogP contribution in [0.25, 0.3) is 22.1 Å². The van der Waals surface area contributed by atoms with Crippen molar-refractivity contribution < 1.29 is 14.3 Å². The second-order valence-electron chi connectivity index (χ2n) is 6.57. The lowest BCUT2D eigenvalue weighted by atomic mass is 10.0. The summed E-state index contributed by atoms with van der Waals surface area (Å²) in [6.45, 7) is 3.66. The summed E-state index contributed by atoms with van der Waals surface area (Å²) >= 11 is 1.42. The molecule has 0 aliphatic carbocycles. The zero-order valence-corrected chi connectivity index (χ0v) is 16.9. The van der Waals surface area contributed by atoms with Gasteiger partial charge in [0, 0.05) is 18.9 Å². The van der Waals surface area contributed by atoms with Crippen molar-refractivity contribution in [3.63, 3.8) is 0 Å². The summed E-state index contributed by atoms with van der Waals surface area (Å²) in [4.78, 5) is 12.9. The lowest BCUT2D eigenvalue weighted by Crippen LogP contribution is -2.07. The molecule has 0 aliphatic heterocycles. The third-order valence-electron chi connectivity index (χ3n) is 4.62. The Balaban J connectivity index is 1.63. The van der Waals surface area contributed by atoms with Crippen LogP contribution in [0.5, 0.6) is 5.75 Å². The molecule has 0 bridgehead atoms. The molecule has 7 nitrogen and oxygen atoms in total. The number of nitrogens with one attached hydrogen (secondary N) is 1. The molecule has 0 saturated heterocycles. The van der Waals surface area contributed by atoms with Gasteiger partial charge in [0.2, 0.25) is 10.6 Å². The van der Waals surface area contributed by atoms with E-state index >= 15 is 0 Å². The Bertz CT molecular complexity index is 1230. The first kappa shape index (κ1) is 19.1. The lowest BCUT2D eigenvalue weighted by molar-refractivity contribution is 0.118. The van der Waals surface area contributed by atoms with Crippen molar-refractivity contribution in [2.75, 3.05) is 12.4 Å². The fourth-order valence-electron chi connectivity index (χ4n) is 3.02. The second-order valence-corrected chi connectivity index (χ2v) is 7.58. The summed E-state index contributed by atoms with van der Waals surface area (Å²) in [5.74, 6) is 0.555. The van der Waals surface area contributed by atoms with Crippen LogP contribution in [0, 0.1) is 6.92 Å². The maximum Gasteiger partial charge on any atom is 0.210 e. The highest BCUT2D eigenvalue weighted by atomic mass is 32.1. The van der Waals surface area contributed by atoms with E-state index in [4.69, 9.17) is 9.15 Å². The number of hydrogen-bond donors (Lipinski definition) is 2. The minimum atomic E-state index is -0.133. The van der Waals surface area contributed by atoms with Crippen LogP contribution in [-0.4, -0.2) is 22.4 Å². The number of nitrogens with zero attached hydrogens (tertiary/aromatic N) is 2. The molecule has 1 unspecified atom stereocenters. The average molecular weight is 409 g/mol. The first-order valence-electron chi connectivity index (χ1n) is 8.96. The number of benzene rings is 2. The van der Waals surface area contributed by atoms with Gasteiger partial charge in [0.1, 0.15) is 28.2 Å². The summed E-state index contributed by atoms with van der Waals surface area (Å²) in [5.41, 5.74) is 2.32. The van der Waals surface area contributed by atoms with E-state index in [0.29, 0.717) is 27.4 Å². The number of phenols is 1. The second kappa shape index (κ2) is 7.65. The summed E-state index contributed by atoms with van der Waals surface area (Å²) in [7, 11) is 1.63. The molecule has 148 valence electrons. The number of aromatic nitrogens is 2. The maximum atomic E-state index is 12.9. The highest BCUT2D eigenvalue weighted by molar-refractivity contribution is 7.15. The fourth-order valence-corrected chi connectivity index (χ4v) is 3.81. The minimum Gasteiger partial charge on any atom is -0.508 e. The largest absolute Gasteiger partial charge is 0.508 e. The molecule has 8 heteroatoms. The van der Waals surface area contributed by atoms with Crippen LogP contribution in [0.1, 0.15) is 23.8 Å². The zero-order chi connectivity index (χ0) is 20.5. The smallest absolute Gasteiger partial charge is 0.210 e. The first-order valence-corrected chi connectivity index (χ1v) is 9.78. The molecule has 2 aromatic heterocycles. The Kier molecular flexibility index (Phi) is 5.04. The van der Waals surface area contributed by atoms with Gasteiger partial charge in [-0.1, -0.05) is 23.5 Å². The Morgan fingerprint density at radius 3 is 2.66 bits per heavy atom. The molecular weight excluding hydrogens is 390 g/mol. The van der Waals surface area contributed by atoms with Crippen LogP contribution in [0.4, 0.5) is 10.8 Å². The summed E-state index contributed by atoms with van der Waals surface area (Å²) < 4.78 is 11.0. The van der Waals surface area contributed by atoms with Crippen LogP contribution in [0.2, 0.25) is 0 Å². The van der Waals surface area contributed by atoms with E-state index in [1.807, 2.05) is 31.2 Å². The van der Waals surface area contributed by atoms with Crippen molar-refractivity contribution in [2.24, 2.45) is 0 Å². The molecule has 0 amide bonds. The topological polar surface area (TPSA) is 97.5 Å². The molecule has 2 aromatic carbocycles. The molecule has 0 radical (unpaired) electrons. The van der Waals surface area contributed by atoms with E-state index in [2.05, 4.69) is 15.5 Å². The molecule has 4 rings (SSSR count). The van der Waals surface area contributed by atoms with Gasteiger partial charge in [0.05, 0.1) is 10.9 Å². The predicted molar refractivity (Wildman–Crippen MR) is 113 cm³/mol. The van der Waals surface area contributed by atoms with Crippen molar-refractivity contribution >= 4 is 33.1 Å². The van der Waals surface area contributed by atoms with Crippen molar-refractivity contribution in [2.45, 2.75) is 20.0 Å². The molecule has 1 atom stereocenters. The van der Waals surface area contributed by atoms with Gasteiger partial charge in [-0.05, 0) is 43.7 Å². The van der Waals surface area contributed by atoms with Gasteiger partial charge in [0.25, 0.3) is 0 Å². The third kappa shape index (κ3) is 3.72. The predicted octanol–water partition coefficient (Wildman–Crippen LogP) is 4.78. The Hall–Kier alpha value is -3.23. The number of ether oxygens (including phenoxy) is 1. The lowest BCUT2D eigenvalue weighted by Gasteiger charge is -2.08. The van der Waals surface area contributed by atoms with Gasteiger partial charge in [-0.2, -0.15) is 0 Å². The highest BCUT2D eigenvalue weighted by Gasteiger charge is 2.15. The van der Waals surface area contributed by atoms with Gasteiger partial charge in [-0.3, -0.25) is 4.79 Å². The number of aryl methyl sites for hydroxylation is 1. The molecular formula is C21H19N3O4S. The number of methoxy groups -OCH3 is 1. The van der Waals surface area contributed by atoms with E-state index in [1.54, 1.807) is 20.1 Å². The fraction of sp³-hybridized carbons (Fsp3) is 0.190. The monoisotopic (exact) mass is 409 g/mol. The first-order chi connectivity index (χ1) is 14.0. The number of rotatable bonds is 5. The SMILES string of the molecule is COC(C)c1nnc(Nc2ccc(-c3c(C)oc4cc(O)ccc4c3=O)cc2)s1. The molecule has 0 aliphatic rings. The van der Waals surface area contributed by atoms with Gasteiger partial charge >= 0.3 is 0 Å². The van der Waals surface area contributed by atoms with Crippen LogP contribution in [0.3, 0.4) is 0 Å². The number of anilines is 2. The Morgan fingerprint density at radius 2 is 1.93 bits per heavy atom. The average Bonchev–Trinajstić information content (AvgIpc) is 3.17. The van der Waals surface area contributed by atoms with E-state index < -0.39 is 0 Å². The van der Waals surface area contributed by atoms with Crippen molar-refractivity contribution in [1.29, 1.82) is 0 Å². The Morgan fingerprint density at radius 1 is 1.17 bits per heavy atom. The molecule has 0 spiro atoms. The van der Waals surface area contributed by atoms with Crippen molar-refractivity contribution in [1.82, 2.24) is 10.2 Å². The number of fused-ring (bicyclic) bond motifs is 1. The van der Waals surface area contributed by atoms with E-state index in [9.17, 15) is 9.90 Å². The quantitative estimate of drug-likeness (QED) is 0.490. The van der Waals surface area contributed by atoms with Crippen LogP contribution >= 0.6 is 11.3 Å². The summed E-state index contributed by atoms with van der Waals surface area (Å²) in [6.07, 6.45) is -0.109. The van der Waals surface area contributed by atoms with E-state index in [0.717, 1.165) is 16.3 Å². The highest BCUT2D eigenvalue weighted by Crippen LogP contribution is 2.29. The molecule has 4 aromatic rings. The maximum absolute atomic E-state index is 12.9. The van der Waals surface area contributed by atoms with Crippen LogP contribution < -0.4 is 10.7 Å². The van der Waals surface area contributed by atoms with Gasteiger partial charge in [0.15, 0.2) is 0 Å². The molecule has 0 saturated carbocycles. The molecule has 2 N–H and O–H groups in total. The molecule has 0 fully saturated rings. The van der Waals surface area contributed by atoms with Crippen LogP contribution in [0.15, 0.2) is 51.7 Å². The van der Waals surface area contributed by atoms with Gasteiger partial charge in [-0.25, -0.2) is 0 Å². The minimum absolute atomic E-state index is 0.0583. The van der Waals surface area contributed by atoms with Gasteiger partial charge in [-0.15, -0.1) is 10.2 Å². The number of aromatic hydroxyl groups is 1. The van der Waals surface area contributed by atoms with E-state index in [1.165, 1.54) is 23.5 Å². The standard InChI is InChI=1S/C21H19N3O4S/c1-11-18(19(26)16-9-8-15(25)10-17(16)28-11)13-4-6-14(7-5-13)22-21-24-23-20(29-21)12(2)27-3/h4-10,12,25H,1-3H3,(H,22,24). The van der Waals surface area contributed by atoms with Crippen molar-refractivity contribution in [3.8, 4) is 16.9 Å². The molecule has 29 heavy (non-hydrogen) atoms. The zero-order valence-electron chi connectivity index (χ0n) is 16.1. The normalized spacial score (nSPS) is 12.2. The number of phenolic OH excluding ortho intramolecular Hbond substituents is 1. The van der Waals surface area contributed by atoms with Crippen molar-refractivity contribution in [3.05, 3.63) is 63.5 Å². The summed E-state index contributed by atoms with van der Waals surface area (Å²) in [6, 6.07) is 11.9. The van der Waals surface area contributed by atoms with Crippen LogP contribution in [-0.2, 0) is 4.74 Å². The molecule has 2 heterocycles.